The average molecular weight is 325 g/mol. The standard InChI is InChI=1S/C11H14N.Ho/c1-8-6-9(2)10-4-3-5-12-11(10)7-8;/h3,5,8-9H,6-7H2,1-2H3;/q-1;. The number of nitrogens with zero attached hydrogens (tertiary/aromatic N) is 1. The van der Waals surface area contributed by atoms with E-state index in [1.165, 1.54) is 17.7 Å². The summed E-state index contributed by atoms with van der Waals surface area (Å²) in [6.45, 7) is 4.57. The van der Waals surface area contributed by atoms with Crippen LogP contribution in [0.15, 0.2) is 12.3 Å². The van der Waals surface area contributed by atoms with Crippen molar-refractivity contribution in [1.82, 2.24) is 4.98 Å². The van der Waals surface area contributed by atoms with Crippen molar-refractivity contribution in [3.63, 3.8) is 0 Å². The van der Waals surface area contributed by atoms with Crippen LogP contribution in [0.4, 0.5) is 0 Å². The molecular weight excluding hydrogens is 311 g/mol. The van der Waals surface area contributed by atoms with Gasteiger partial charge in [-0.15, -0.1) is 5.56 Å². The van der Waals surface area contributed by atoms with Crippen molar-refractivity contribution < 1.29 is 37.7 Å². The summed E-state index contributed by atoms with van der Waals surface area (Å²) in [5, 5.41) is 0. The molecule has 2 heteroatoms. The molecule has 75 valence electrons. The first-order valence-corrected chi connectivity index (χ1v) is 4.63. The number of fused-ring (bicyclic) bond motifs is 1. The van der Waals surface area contributed by atoms with Crippen LogP contribution in [0.1, 0.15) is 37.4 Å². The van der Waals surface area contributed by atoms with Crippen LogP contribution < -0.4 is 0 Å². The third kappa shape index (κ3) is 2.45. The minimum atomic E-state index is 0. The predicted molar refractivity (Wildman–Crippen MR) is 49.0 cm³/mol. The summed E-state index contributed by atoms with van der Waals surface area (Å²) in [6, 6.07) is 5.22. The molecule has 0 amide bonds. The zero-order valence-electron chi connectivity index (χ0n) is 7.97. The molecule has 0 bridgehead atoms. The van der Waals surface area contributed by atoms with Gasteiger partial charge < -0.3 is 4.98 Å². The Morgan fingerprint density at radius 1 is 1.46 bits per heavy atom. The number of aromatic nitrogens is 1. The molecule has 1 radical (unpaired) electrons. The molecule has 0 aromatic carbocycles. The Bertz CT molecular complexity index is 285. The van der Waals surface area contributed by atoms with Gasteiger partial charge in [0.15, 0.2) is 0 Å². The molecule has 2 rings (SSSR count). The van der Waals surface area contributed by atoms with Gasteiger partial charge >= 0.3 is 0 Å². The van der Waals surface area contributed by atoms with Crippen molar-refractivity contribution in [2.75, 3.05) is 0 Å². The normalized spacial score (nSPS) is 26.0. The fourth-order valence-corrected chi connectivity index (χ4v) is 2.13. The SMILES string of the molecule is CC1Cc2ncc[c-]c2C(C)C1.[Ho]. The van der Waals surface area contributed by atoms with E-state index in [-0.39, 0.29) is 37.7 Å². The Balaban J connectivity index is 0.000000845. The van der Waals surface area contributed by atoms with Crippen LogP contribution in [-0.4, -0.2) is 4.98 Å². The van der Waals surface area contributed by atoms with E-state index in [4.69, 9.17) is 0 Å². The largest absolute Gasteiger partial charge is 0.387 e. The first-order valence-electron chi connectivity index (χ1n) is 4.63. The molecule has 0 aliphatic heterocycles. The van der Waals surface area contributed by atoms with E-state index in [9.17, 15) is 0 Å². The molecule has 1 aromatic rings. The molecule has 2 unspecified atom stereocenters. The number of hydrogen-bond acceptors (Lipinski definition) is 1. The quantitative estimate of drug-likeness (QED) is 0.528. The van der Waals surface area contributed by atoms with Gasteiger partial charge in [0, 0.05) is 37.7 Å². The molecule has 0 N–H and O–H groups in total. The Labute approximate surface area is 110 Å². The third-order valence-corrected chi connectivity index (χ3v) is 2.65. The Hall–Kier alpha value is 0.410. The fraction of sp³-hybridized carbons (Fsp3) is 0.545. The van der Waals surface area contributed by atoms with E-state index >= 15 is 0 Å². The predicted octanol–water partition coefficient (Wildman–Crippen LogP) is 2.57. The van der Waals surface area contributed by atoms with Crippen LogP contribution >= 0.6 is 0 Å². The van der Waals surface area contributed by atoms with Crippen molar-refractivity contribution in [2.24, 2.45) is 5.92 Å². The minimum Gasteiger partial charge on any atom is -0.387 e. The maximum atomic E-state index is 4.39. The van der Waals surface area contributed by atoms with Gasteiger partial charge in [0.25, 0.3) is 0 Å². The van der Waals surface area contributed by atoms with Crippen LogP contribution in [0, 0.1) is 49.7 Å². The summed E-state index contributed by atoms with van der Waals surface area (Å²) in [5.41, 5.74) is 2.61. The minimum absolute atomic E-state index is 0. The summed E-state index contributed by atoms with van der Waals surface area (Å²) in [4.78, 5) is 4.39. The van der Waals surface area contributed by atoms with Crippen LogP contribution in [-0.2, 0) is 6.42 Å². The Kier molecular flexibility index (Phi) is 4.21. The summed E-state index contributed by atoms with van der Waals surface area (Å²) >= 11 is 0. The number of rotatable bonds is 0. The summed E-state index contributed by atoms with van der Waals surface area (Å²) < 4.78 is 0. The van der Waals surface area contributed by atoms with E-state index in [2.05, 4.69) is 24.9 Å². The van der Waals surface area contributed by atoms with Gasteiger partial charge in [0.1, 0.15) is 0 Å². The summed E-state index contributed by atoms with van der Waals surface area (Å²) in [7, 11) is 0. The van der Waals surface area contributed by atoms with E-state index in [0.717, 1.165) is 12.3 Å². The van der Waals surface area contributed by atoms with E-state index < -0.39 is 0 Å². The van der Waals surface area contributed by atoms with Gasteiger partial charge in [0.05, 0.1) is 0 Å². The molecule has 1 aliphatic carbocycles. The second kappa shape index (κ2) is 4.77. The van der Waals surface area contributed by atoms with Crippen molar-refractivity contribution in [2.45, 2.75) is 32.6 Å². The average Bonchev–Trinajstić information content (AvgIpc) is 2.04. The van der Waals surface area contributed by atoms with Gasteiger partial charge in [0.2, 0.25) is 0 Å². The molecular formula is C11H14HoN-. The second-order valence-electron chi connectivity index (χ2n) is 3.90. The summed E-state index contributed by atoms with van der Waals surface area (Å²) in [5.74, 6) is 1.44. The van der Waals surface area contributed by atoms with Crippen molar-refractivity contribution in [3.05, 3.63) is 29.6 Å². The fourth-order valence-electron chi connectivity index (χ4n) is 2.13. The monoisotopic (exact) mass is 325 g/mol. The van der Waals surface area contributed by atoms with Crippen LogP contribution in [0.3, 0.4) is 0 Å². The van der Waals surface area contributed by atoms with Gasteiger partial charge in [-0.2, -0.15) is 12.1 Å². The number of pyridine rings is 1. The Morgan fingerprint density at radius 3 is 3.00 bits per heavy atom. The molecule has 1 aliphatic rings. The van der Waals surface area contributed by atoms with Crippen LogP contribution in [0.25, 0.3) is 0 Å². The second-order valence-corrected chi connectivity index (χ2v) is 3.90. The molecule has 13 heavy (non-hydrogen) atoms. The molecule has 1 nitrogen and oxygen atoms in total. The molecule has 0 spiro atoms. The third-order valence-electron chi connectivity index (χ3n) is 2.65. The van der Waals surface area contributed by atoms with Crippen LogP contribution in [0.5, 0.6) is 0 Å². The molecule has 0 saturated carbocycles. The van der Waals surface area contributed by atoms with Crippen molar-refractivity contribution >= 4 is 0 Å². The van der Waals surface area contributed by atoms with Gasteiger partial charge in [-0.05, 0) is 18.3 Å². The smallest absolute Gasteiger partial charge is 0 e. The first-order chi connectivity index (χ1) is 5.77. The van der Waals surface area contributed by atoms with Crippen molar-refractivity contribution in [1.29, 1.82) is 0 Å². The maximum absolute atomic E-state index is 4.39. The van der Waals surface area contributed by atoms with Crippen molar-refractivity contribution in [3.8, 4) is 0 Å². The zero-order valence-corrected chi connectivity index (χ0v) is 9.91. The van der Waals surface area contributed by atoms with E-state index in [0.29, 0.717) is 5.92 Å². The first kappa shape index (κ1) is 11.5. The van der Waals surface area contributed by atoms with E-state index in [1.54, 1.807) is 0 Å². The topological polar surface area (TPSA) is 12.9 Å². The van der Waals surface area contributed by atoms with Gasteiger partial charge in [-0.1, -0.05) is 32.2 Å². The van der Waals surface area contributed by atoms with Crippen LogP contribution in [0.2, 0.25) is 0 Å². The molecule has 0 saturated heterocycles. The van der Waals surface area contributed by atoms with E-state index in [1.807, 2.05) is 12.3 Å². The maximum Gasteiger partial charge on any atom is 0 e. The van der Waals surface area contributed by atoms with Gasteiger partial charge in [-0.3, -0.25) is 0 Å². The molecule has 2 atom stereocenters. The number of hydrogen-bond donors (Lipinski definition) is 0. The zero-order chi connectivity index (χ0) is 8.55. The molecule has 0 fully saturated rings. The van der Waals surface area contributed by atoms with Gasteiger partial charge in [-0.25, -0.2) is 0 Å². The Morgan fingerprint density at radius 2 is 2.23 bits per heavy atom. The molecule has 1 aromatic heterocycles. The summed E-state index contributed by atoms with van der Waals surface area (Å²) in [6.07, 6.45) is 4.27. The molecule has 1 heterocycles.